The monoisotopic (exact) mass is 241 g/mol. The van der Waals surface area contributed by atoms with Crippen molar-refractivity contribution in [2.45, 2.75) is 31.9 Å². The van der Waals surface area contributed by atoms with Gasteiger partial charge in [-0.1, -0.05) is 0 Å². The average molecular weight is 241 g/mol. The van der Waals surface area contributed by atoms with Crippen molar-refractivity contribution in [3.8, 4) is 0 Å². The summed E-state index contributed by atoms with van der Waals surface area (Å²) < 4.78 is 0. The molecule has 2 rings (SSSR count). The van der Waals surface area contributed by atoms with Crippen LogP contribution in [0.25, 0.3) is 0 Å². The Hall–Kier alpha value is -0.650. The summed E-state index contributed by atoms with van der Waals surface area (Å²) in [6.07, 6.45) is 1.97. The smallest absolute Gasteiger partial charge is 0.219 e. The fraction of sp³-hybridized carbons (Fsp3) is 0.917. The SMILES string of the molecule is CC(=O)N1CCN(CC(O)C2CCCN2)CC1. The van der Waals surface area contributed by atoms with Crippen LogP contribution in [0.15, 0.2) is 0 Å². The van der Waals surface area contributed by atoms with E-state index in [0.717, 1.165) is 45.7 Å². The van der Waals surface area contributed by atoms with Crippen molar-refractivity contribution >= 4 is 5.91 Å². The van der Waals surface area contributed by atoms with E-state index < -0.39 is 0 Å². The summed E-state index contributed by atoms with van der Waals surface area (Å²) in [4.78, 5) is 15.3. The van der Waals surface area contributed by atoms with E-state index in [1.807, 2.05) is 4.90 Å². The van der Waals surface area contributed by atoms with Crippen LogP contribution in [-0.4, -0.2) is 72.2 Å². The van der Waals surface area contributed by atoms with E-state index in [-0.39, 0.29) is 18.1 Å². The van der Waals surface area contributed by atoms with Gasteiger partial charge in [0.15, 0.2) is 0 Å². The zero-order chi connectivity index (χ0) is 12.3. The largest absolute Gasteiger partial charge is 0.390 e. The summed E-state index contributed by atoms with van der Waals surface area (Å²) in [5.74, 6) is 0.155. The van der Waals surface area contributed by atoms with Crippen LogP contribution in [0.3, 0.4) is 0 Å². The summed E-state index contributed by atoms with van der Waals surface area (Å²) in [7, 11) is 0. The topological polar surface area (TPSA) is 55.8 Å². The number of β-amino-alcohol motifs (C(OH)–C–C–N with tert-alkyl or cyclic N) is 1. The fourth-order valence-corrected chi connectivity index (χ4v) is 2.68. The summed E-state index contributed by atoms with van der Waals surface area (Å²) in [6.45, 7) is 6.71. The first-order valence-corrected chi connectivity index (χ1v) is 6.56. The van der Waals surface area contributed by atoms with Crippen LogP contribution in [0.4, 0.5) is 0 Å². The molecule has 2 fully saturated rings. The van der Waals surface area contributed by atoms with Gasteiger partial charge in [-0.3, -0.25) is 9.69 Å². The molecule has 0 aromatic rings. The van der Waals surface area contributed by atoms with E-state index in [0.29, 0.717) is 0 Å². The molecule has 0 aromatic heterocycles. The minimum Gasteiger partial charge on any atom is -0.390 e. The number of carbonyl (C=O) groups excluding carboxylic acids is 1. The lowest BCUT2D eigenvalue weighted by atomic mass is 10.1. The summed E-state index contributed by atoms with van der Waals surface area (Å²) >= 11 is 0. The van der Waals surface area contributed by atoms with Crippen LogP contribution < -0.4 is 5.32 Å². The van der Waals surface area contributed by atoms with E-state index in [1.54, 1.807) is 6.92 Å². The lowest BCUT2D eigenvalue weighted by Crippen LogP contribution is -2.52. The quantitative estimate of drug-likeness (QED) is 0.683. The number of carbonyl (C=O) groups is 1. The number of aliphatic hydroxyl groups excluding tert-OH is 1. The first-order valence-electron chi connectivity index (χ1n) is 6.56. The summed E-state index contributed by atoms with van der Waals surface area (Å²) in [5.41, 5.74) is 0. The second kappa shape index (κ2) is 5.80. The number of aliphatic hydroxyl groups is 1. The van der Waals surface area contributed by atoms with Gasteiger partial charge in [-0.05, 0) is 19.4 Å². The van der Waals surface area contributed by atoms with Crippen LogP contribution >= 0.6 is 0 Å². The van der Waals surface area contributed by atoms with Gasteiger partial charge in [0.1, 0.15) is 0 Å². The highest BCUT2D eigenvalue weighted by Crippen LogP contribution is 2.11. The van der Waals surface area contributed by atoms with Crippen LogP contribution in [0.1, 0.15) is 19.8 Å². The highest BCUT2D eigenvalue weighted by atomic mass is 16.3. The third kappa shape index (κ3) is 3.40. The van der Waals surface area contributed by atoms with Gasteiger partial charge < -0.3 is 15.3 Å². The van der Waals surface area contributed by atoms with Crippen LogP contribution in [-0.2, 0) is 4.79 Å². The Morgan fingerprint density at radius 3 is 2.65 bits per heavy atom. The molecule has 5 nitrogen and oxygen atoms in total. The van der Waals surface area contributed by atoms with Crippen molar-refractivity contribution in [3.05, 3.63) is 0 Å². The summed E-state index contributed by atoms with van der Waals surface area (Å²) in [5, 5.41) is 13.4. The van der Waals surface area contributed by atoms with Crippen molar-refractivity contribution in [2.75, 3.05) is 39.3 Å². The predicted octanol–water partition coefficient (Wildman–Crippen LogP) is -0.737. The molecule has 98 valence electrons. The van der Waals surface area contributed by atoms with Gasteiger partial charge >= 0.3 is 0 Å². The average Bonchev–Trinajstić information content (AvgIpc) is 2.83. The van der Waals surface area contributed by atoms with Gasteiger partial charge in [-0.2, -0.15) is 0 Å². The van der Waals surface area contributed by atoms with Gasteiger partial charge in [-0.25, -0.2) is 0 Å². The Labute approximate surface area is 103 Å². The molecule has 0 radical (unpaired) electrons. The lowest BCUT2D eigenvalue weighted by Gasteiger charge is -2.36. The van der Waals surface area contributed by atoms with Crippen LogP contribution in [0, 0.1) is 0 Å². The maximum absolute atomic E-state index is 11.2. The molecule has 2 atom stereocenters. The van der Waals surface area contributed by atoms with Gasteiger partial charge in [-0.15, -0.1) is 0 Å². The maximum Gasteiger partial charge on any atom is 0.219 e. The van der Waals surface area contributed by atoms with Gasteiger partial charge in [0, 0.05) is 45.7 Å². The molecular formula is C12H23N3O2. The Balaban J connectivity index is 1.72. The highest BCUT2D eigenvalue weighted by molar-refractivity contribution is 5.73. The molecular weight excluding hydrogens is 218 g/mol. The van der Waals surface area contributed by atoms with Crippen molar-refractivity contribution in [1.82, 2.24) is 15.1 Å². The van der Waals surface area contributed by atoms with E-state index in [1.165, 1.54) is 6.42 Å². The maximum atomic E-state index is 11.2. The number of rotatable bonds is 3. The molecule has 0 bridgehead atoms. The predicted molar refractivity (Wildman–Crippen MR) is 65.7 cm³/mol. The normalized spacial score (nSPS) is 28.4. The van der Waals surface area contributed by atoms with Crippen molar-refractivity contribution < 1.29 is 9.90 Å². The van der Waals surface area contributed by atoms with Crippen molar-refractivity contribution in [1.29, 1.82) is 0 Å². The number of nitrogens with zero attached hydrogens (tertiary/aromatic N) is 2. The molecule has 2 heterocycles. The van der Waals surface area contributed by atoms with Crippen LogP contribution in [0.2, 0.25) is 0 Å². The molecule has 1 amide bonds. The minimum absolute atomic E-state index is 0.155. The second-order valence-electron chi connectivity index (χ2n) is 5.08. The molecule has 0 spiro atoms. The Bertz CT molecular complexity index is 258. The third-order valence-electron chi connectivity index (χ3n) is 3.83. The van der Waals surface area contributed by atoms with E-state index >= 15 is 0 Å². The van der Waals surface area contributed by atoms with E-state index in [4.69, 9.17) is 0 Å². The van der Waals surface area contributed by atoms with Gasteiger partial charge in [0.05, 0.1) is 6.10 Å². The second-order valence-corrected chi connectivity index (χ2v) is 5.08. The number of nitrogens with one attached hydrogen (secondary N) is 1. The van der Waals surface area contributed by atoms with Crippen molar-refractivity contribution in [3.63, 3.8) is 0 Å². The molecule has 5 heteroatoms. The lowest BCUT2D eigenvalue weighted by molar-refractivity contribution is -0.130. The minimum atomic E-state index is -0.277. The standard InChI is InChI=1S/C12H23N3O2/c1-10(16)15-7-5-14(6-8-15)9-12(17)11-3-2-4-13-11/h11-13,17H,2-9H2,1H3. The number of piperazine rings is 1. The zero-order valence-electron chi connectivity index (χ0n) is 10.6. The molecule has 2 N–H and O–H groups in total. The number of hydrogen-bond donors (Lipinski definition) is 2. The van der Waals surface area contributed by atoms with Gasteiger partial charge in [0.2, 0.25) is 5.91 Å². The fourth-order valence-electron chi connectivity index (χ4n) is 2.68. The Morgan fingerprint density at radius 1 is 1.41 bits per heavy atom. The molecule has 0 saturated carbocycles. The molecule has 17 heavy (non-hydrogen) atoms. The molecule has 0 aromatic carbocycles. The van der Waals surface area contributed by atoms with Gasteiger partial charge in [0.25, 0.3) is 0 Å². The number of amides is 1. The Kier molecular flexibility index (Phi) is 4.36. The van der Waals surface area contributed by atoms with Crippen LogP contribution in [0.5, 0.6) is 0 Å². The summed E-state index contributed by atoms with van der Waals surface area (Å²) in [6, 6.07) is 0.265. The van der Waals surface area contributed by atoms with E-state index in [9.17, 15) is 9.90 Å². The third-order valence-corrected chi connectivity index (χ3v) is 3.83. The molecule has 2 unspecified atom stereocenters. The number of hydrogen-bond acceptors (Lipinski definition) is 4. The Morgan fingerprint density at radius 2 is 2.12 bits per heavy atom. The highest BCUT2D eigenvalue weighted by Gasteiger charge is 2.26. The molecule has 2 saturated heterocycles. The van der Waals surface area contributed by atoms with Crippen molar-refractivity contribution in [2.24, 2.45) is 0 Å². The molecule has 2 aliphatic rings. The first-order chi connectivity index (χ1) is 8.16. The first kappa shape index (κ1) is 12.8. The zero-order valence-corrected chi connectivity index (χ0v) is 10.6. The molecule has 0 aliphatic carbocycles. The molecule has 2 aliphatic heterocycles. The van der Waals surface area contributed by atoms with E-state index in [2.05, 4.69) is 10.2 Å².